The van der Waals surface area contributed by atoms with Crippen LogP contribution in [0, 0.1) is 0 Å². The van der Waals surface area contributed by atoms with Crippen molar-refractivity contribution >= 4 is 6.08 Å². The predicted molar refractivity (Wildman–Crippen MR) is 48.4 cm³/mol. The standard InChI is InChI=1S/C11H10O/c1-2-8-4-5-11-10(6-7-12-11)9(8)3-1/h1,3-5H,2,6-7H2. The second-order valence-electron chi connectivity index (χ2n) is 3.32. The van der Waals surface area contributed by atoms with Crippen molar-refractivity contribution in [2.75, 3.05) is 6.61 Å². The molecule has 0 amide bonds. The number of allylic oxidation sites excluding steroid dienone is 1. The Morgan fingerprint density at radius 3 is 3.25 bits per heavy atom. The molecule has 0 saturated heterocycles. The fourth-order valence-electron chi connectivity index (χ4n) is 2.04. The molecule has 0 atom stereocenters. The molecular weight excluding hydrogens is 148 g/mol. The van der Waals surface area contributed by atoms with Gasteiger partial charge in [-0.15, -0.1) is 0 Å². The topological polar surface area (TPSA) is 9.23 Å². The van der Waals surface area contributed by atoms with Crippen LogP contribution >= 0.6 is 0 Å². The van der Waals surface area contributed by atoms with Crippen LogP contribution in [0.4, 0.5) is 0 Å². The van der Waals surface area contributed by atoms with E-state index >= 15 is 0 Å². The first-order valence-corrected chi connectivity index (χ1v) is 4.39. The lowest BCUT2D eigenvalue weighted by molar-refractivity contribution is 0.357. The summed E-state index contributed by atoms with van der Waals surface area (Å²) in [6.45, 7) is 0.861. The van der Waals surface area contributed by atoms with E-state index in [1.807, 2.05) is 0 Å². The molecule has 1 aliphatic carbocycles. The van der Waals surface area contributed by atoms with Crippen molar-refractivity contribution in [2.45, 2.75) is 12.8 Å². The van der Waals surface area contributed by atoms with Gasteiger partial charge in [-0.05, 0) is 23.6 Å². The van der Waals surface area contributed by atoms with E-state index in [1.165, 1.54) is 16.7 Å². The summed E-state index contributed by atoms with van der Waals surface area (Å²) in [6.07, 6.45) is 6.64. The van der Waals surface area contributed by atoms with Gasteiger partial charge in [0.1, 0.15) is 5.75 Å². The number of benzene rings is 1. The van der Waals surface area contributed by atoms with E-state index in [0.717, 1.165) is 25.2 Å². The molecule has 1 aromatic carbocycles. The van der Waals surface area contributed by atoms with E-state index in [-0.39, 0.29) is 0 Å². The molecule has 1 aromatic rings. The summed E-state index contributed by atoms with van der Waals surface area (Å²) in [5.41, 5.74) is 4.30. The lowest BCUT2D eigenvalue weighted by atomic mass is 10.0. The average molecular weight is 158 g/mol. The van der Waals surface area contributed by atoms with E-state index in [9.17, 15) is 0 Å². The number of ether oxygens (including phenoxy) is 1. The van der Waals surface area contributed by atoms with Crippen LogP contribution in [-0.4, -0.2) is 6.61 Å². The molecule has 0 N–H and O–H groups in total. The zero-order chi connectivity index (χ0) is 7.97. The van der Waals surface area contributed by atoms with Gasteiger partial charge in [-0.25, -0.2) is 0 Å². The largest absolute Gasteiger partial charge is 0.493 e. The quantitative estimate of drug-likeness (QED) is 0.562. The SMILES string of the molecule is C1=Cc2c(ccc3c2CCO3)C1. The molecule has 1 heterocycles. The monoisotopic (exact) mass is 158 g/mol. The molecule has 12 heavy (non-hydrogen) atoms. The fourth-order valence-corrected chi connectivity index (χ4v) is 2.04. The Hall–Kier alpha value is -1.24. The highest BCUT2D eigenvalue weighted by Gasteiger charge is 2.18. The Morgan fingerprint density at radius 2 is 2.25 bits per heavy atom. The number of rotatable bonds is 0. The van der Waals surface area contributed by atoms with Gasteiger partial charge in [0.25, 0.3) is 0 Å². The molecule has 0 radical (unpaired) electrons. The second-order valence-corrected chi connectivity index (χ2v) is 3.32. The van der Waals surface area contributed by atoms with Gasteiger partial charge in [0.2, 0.25) is 0 Å². The Labute approximate surface area is 71.7 Å². The predicted octanol–water partition coefficient (Wildman–Crippen LogP) is 2.19. The molecule has 1 aliphatic heterocycles. The highest BCUT2D eigenvalue weighted by Crippen LogP contribution is 2.34. The van der Waals surface area contributed by atoms with Crippen LogP contribution in [0.25, 0.3) is 6.08 Å². The second kappa shape index (κ2) is 2.13. The minimum Gasteiger partial charge on any atom is -0.493 e. The molecule has 60 valence electrons. The normalized spacial score (nSPS) is 17.3. The summed E-state index contributed by atoms with van der Waals surface area (Å²) in [6, 6.07) is 4.29. The Kier molecular flexibility index (Phi) is 1.12. The van der Waals surface area contributed by atoms with E-state index in [1.54, 1.807) is 0 Å². The first-order chi connectivity index (χ1) is 5.95. The molecule has 0 aromatic heterocycles. The minimum absolute atomic E-state index is 0.861. The van der Waals surface area contributed by atoms with Crippen molar-refractivity contribution in [2.24, 2.45) is 0 Å². The van der Waals surface area contributed by atoms with Crippen LogP contribution in [0.5, 0.6) is 5.75 Å². The molecular formula is C11H10O. The van der Waals surface area contributed by atoms with Gasteiger partial charge in [0, 0.05) is 12.0 Å². The average Bonchev–Trinajstić information content (AvgIpc) is 2.71. The van der Waals surface area contributed by atoms with Crippen molar-refractivity contribution < 1.29 is 4.74 Å². The van der Waals surface area contributed by atoms with Gasteiger partial charge >= 0.3 is 0 Å². The summed E-state index contributed by atoms with van der Waals surface area (Å²) in [5, 5.41) is 0. The van der Waals surface area contributed by atoms with E-state index in [4.69, 9.17) is 4.74 Å². The van der Waals surface area contributed by atoms with Crippen LogP contribution < -0.4 is 4.74 Å². The van der Waals surface area contributed by atoms with Crippen molar-refractivity contribution in [3.63, 3.8) is 0 Å². The molecule has 0 spiro atoms. The zero-order valence-corrected chi connectivity index (χ0v) is 6.84. The highest BCUT2D eigenvalue weighted by atomic mass is 16.5. The Balaban J connectivity index is 2.30. The van der Waals surface area contributed by atoms with Crippen LogP contribution in [0.2, 0.25) is 0 Å². The van der Waals surface area contributed by atoms with E-state index in [2.05, 4.69) is 24.3 Å². The molecule has 0 fully saturated rings. The molecule has 1 heteroatoms. The molecule has 3 rings (SSSR count). The molecule has 0 unspecified atom stereocenters. The van der Waals surface area contributed by atoms with Gasteiger partial charge in [-0.1, -0.05) is 18.2 Å². The van der Waals surface area contributed by atoms with E-state index in [0.29, 0.717) is 0 Å². The van der Waals surface area contributed by atoms with Crippen LogP contribution in [0.3, 0.4) is 0 Å². The molecule has 0 bridgehead atoms. The maximum Gasteiger partial charge on any atom is 0.123 e. The maximum atomic E-state index is 5.49. The van der Waals surface area contributed by atoms with Crippen LogP contribution in [0.15, 0.2) is 18.2 Å². The molecule has 2 aliphatic rings. The smallest absolute Gasteiger partial charge is 0.123 e. The molecule has 0 saturated carbocycles. The number of hydrogen-bond acceptors (Lipinski definition) is 1. The first-order valence-electron chi connectivity index (χ1n) is 4.39. The third kappa shape index (κ3) is 0.685. The van der Waals surface area contributed by atoms with E-state index < -0.39 is 0 Å². The van der Waals surface area contributed by atoms with Gasteiger partial charge in [-0.2, -0.15) is 0 Å². The zero-order valence-electron chi connectivity index (χ0n) is 6.84. The van der Waals surface area contributed by atoms with Gasteiger partial charge in [0.15, 0.2) is 0 Å². The van der Waals surface area contributed by atoms with Gasteiger partial charge in [-0.3, -0.25) is 0 Å². The summed E-state index contributed by atoms with van der Waals surface area (Å²) >= 11 is 0. The van der Waals surface area contributed by atoms with Gasteiger partial charge in [0.05, 0.1) is 6.61 Å². The first kappa shape index (κ1) is 6.30. The Morgan fingerprint density at radius 1 is 1.25 bits per heavy atom. The van der Waals surface area contributed by atoms with Crippen molar-refractivity contribution in [1.82, 2.24) is 0 Å². The van der Waals surface area contributed by atoms with Crippen LogP contribution in [-0.2, 0) is 12.8 Å². The summed E-state index contributed by atoms with van der Waals surface area (Å²) < 4.78 is 5.49. The van der Waals surface area contributed by atoms with Crippen LogP contribution in [0.1, 0.15) is 16.7 Å². The number of fused-ring (bicyclic) bond motifs is 3. The van der Waals surface area contributed by atoms with Crippen molar-refractivity contribution in [3.8, 4) is 5.75 Å². The summed E-state index contributed by atoms with van der Waals surface area (Å²) in [5.74, 6) is 1.10. The number of hydrogen-bond donors (Lipinski definition) is 0. The minimum atomic E-state index is 0.861. The van der Waals surface area contributed by atoms with Crippen molar-refractivity contribution in [1.29, 1.82) is 0 Å². The Bertz CT molecular complexity index is 364. The highest BCUT2D eigenvalue weighted by molar-refractivity contribution is 5.67. The fraction of sp³-hybridized carbons (Fsp3) is 0.273. The third-order valence-corrected chi connectivity index (χ3v) is 2.64. The third-order valence-electron chi connectivity index (χ3n) is 2.64. The molecule has 1 nitrogen and oxygen atoms in total. The maximum absolute atomic E-state index is 5.49. The lowest BCUT2D eigenvalue weighted by Crippen LogP contribution is -1.87. The summed E-state index contributed by atoms with van der Waals surface area (Å²) in [7, 11) is 0. The van der Waals surface area contributed by atoms with Gasteiger partial charge < -0.3 is 4.74 Å². The van der Waals surface area contributed by atoms with Crippen molar-refractivity contribution in [3.05, 3.63) is 34.9 Å². The summed E-state index contributed by atoms with van der Waals surface area (Å²) in [4.78, 5) is 0. The lowest BCUT2D eigenvalue weighted by Gasteiger charge is -2.03.